The molecule has 0 atom stereocenters. The summed E-state index contributed by atoms with van der Waals surface area (Å²) in [7, 11) is 0. The van der Waals surface area contributed by atoms with Gasteiger partial charge in [-0.2, -0.15) is 4.99 Å². The summed E-state index contributed by atoms with van der Waals surface area (Å²) in [6, 6.07) is 12.6. The van der Waals surface area contributed by atoms with E-state index in [1.54, 1.807) is 29.4 Å². The summed E-state index contributed by atoms with van der Waals surface area (Å²) in [6.07, 6.45) is 2.05. The van der Waals surface area contributed by atoms with Crippen molar-refractivity contribution in [2.75, 3.05) is 0 Å². The van der Waals surface area contributed by atoms with Gasteiger partial charge in [-0.05, 0) is 43.2 Å². The summed E-state index contributed by atoms with van der Waals surface area (Å²) < 4.78 is 0. The topological polar surface area (TPSA) is 125 Å². The molecule has 0 aliphatic heterocycles. The molecule has 2 amide bonds. The van der Waals surface area contributed by atoms with Gasteiger partial charge in [0.05, 0.1) is 5.56 Å². The molecular weight excluding hydrogens is 382 g/mol. The highest BCUT2D eigenvalue weighted by Gasteiger charge is 2.20. The van der Waals surface area contributed by atoms with E-state index in [2.05, 4.69) is 15.0 Å². The predicted octanol–water partition coefficient (Wildman–Crippen LogP) is 3.25. The van der Waals surface area contributed by atoms with Crippen LogP contribution in [-0.2, 0) is 13.1 Å². The molecule has 0 bridgehead atoms. The summed E-state index contributed by atoms with van der Waals surface area (Å²) >= 11 is 0. The summed E-state index contributed by atoms with van der Waals surface area (Å²) in [5.41, 5.74) is 10.4. The number of hydrogen-bond donors (Lipinski definition) is 3. The van der Waals surface area contributed by atoms with E-state index >= 15 is 0 Å². The number of aryl methyl sites for hydroxylation is 2. The lowest BCUT2D eigenvalue weighted by atomic mass is 10.1. The van der Waals surface area contributed by atoms with E-state index in [1.165, 1.54) is 0 Å². The lowest BCUT2D eigenvalue weighted by Crippen LogP contribution is -2.30. The van der Waals surface area contributed by atoms with Crippen molar-refractivity contribution in [1.29, 1.82) is 0 Å². The number of H-pyrrole nitrogens is 1. The second kappa shape index (κ2) is 9.04. The fraction of sp³-hybridized carbons (Fsp3) is 0.182. The highest BCUT2D eigenvalue weighted by Crippen LogP contribution is 2.18. The lowest BCUT2D eigenvalue weighted by molar-refractivity contribution is 0.0729. The van der Waals surface area contributed by atoms with Crippen molar-refractivity contribution in [2.24, 2.45) is 10.7 Å². The maximum Gasteiger partial charge on any atom is 0.433 e. The minimum atomic E-state index is -1.34. The van der Waals surface area contributed by atoms with Crippen LogP contribution in [0, 0.1) is 13.8 Å². The van der Waals surface area contributed by atoms with Crippen molar-refractivity contribution in [3.05, 3.63) is 88.5 Å². The molecule has 0 radical (unpaired) electrons. The Morgan fingerprint density at radius 3 is 2.20 bits per heavy atom. The van der Waals surface area contributed by atoms with Gasteiger partial charge in [-0.1, -0.05) is 24.3 Å². The Kier molecular flexibility index (Phi) is 6.26. The second-order valence-corrected chi connectivity index (χ2v) is 6.98. The van der Waals surface area contributed by atoms with Gasteiger partial charge in [-0.3, -0.25) is 9.78 Å². The van der Waals surface area contributed by atoms with Gasteiger partial charge < -0.3 is 20.7 Å². The maximum absolute atomic E-state index is 13.3. The third-order valence-corrected chi connectivity index (χ3v) is 4.63. The number of benzene rings is 1. The molecule has 8 nitrogen and oxygen atoms in total. The average molecular weight is 405 g/mol. The van der Waals surface area contributed by atoms with E-state index in [4.69, 9.17) is 10.8 Å². The van der Waals surface area contributed by atoms with Crippen molar-refractivity contribution in [3.8, 4) is 0 Å². The Labute approximate surface area is 174 Å². The Balaban J connectivity index is 1.86. The molecule has 0 aliphatic carbocycles. The van der Waals surface area contributed by atoms with Crippen LogP contribution in [0.1, 0.15) is 38.4 Å². The minimum Gasteiger partial charge on any atom is -0.463 e. The van der Waals surface area contributed by atoms with E-state index in [9.17, 15) is 9.59 Å². The standard InChI is InChI=1S/C22H23N5O3/c1-14-11-19(15(2)25-14)21(28)27(13-17-7-9-24-10-8-17)12-16-3-5-18(6-4-16)20(23)26-22(29)30/h3-11,25H,12-13H2,1-2H3,(H2,23,26)(H,29,30). The van der Waals surface area contributed by atoms with Crippen molar-refractivity contribution >= 4 is 17.8 Å². The first-order chi connectivity index (χ1) is 14.3. The van der Waals surface area contributed by atoms with Gasteiger partial charge in [-0.15, -0.1) is 0 Å². The molecule has 0 unspecified atom stereocenters. The Morgan fingerprint density at radius 2 is 1.67 bits per heavy atom. The SMILES string of the molecule is Cc1cc(C(=O)N(Cc2ccncc2)Cc2ccc(C(N)=NC(=O)O)cc2)c(C)[nH]1. The average Bonchev–Trinajstić information content (AvgIpc) is 3.05. The van der Waals surface area contributed by atoms with E-state index < -0.39 is 6.09 Å². The van der Waals surface area contributed by atoms with Crippen LogP contribution in [0.4, 0.5) is 4.79 Å². The van der Waals surface area contributed by atoms with Gasteiger partial charge in [0.25, 0.3) is 5.91 Å². The van der Waals surface area contributed by atoms with Crippen LogP contribution in [0.5, 0.6) is 0 Å². The quantitative estimate of drug-likeness (QED) is 0.429. The van der Waals surface area contributed by atoms with Gasteiger partial charge in [0.15, 0.2) is 0 Å². The molecule has 8 heteroatoms. The number of amides is 2. The molecule has 4 N–H and O–H groups in total. The number of nitrogens with one attached hydrogen (secondary N) is 1. The van der Waals surface area contributed by atoms with Gasteiger partial charge in [-0.25, -0.2) is 4.79 Å². The molecule has 0 aliphatic rings. The molecule has 2 heterocycles. The molecule has 0 spiro atoms. The Hall–Kier alpha value is -3.94. The van der Waals surface area contributed by atoms with Crippen LogP contribution in [0.25, 0.3) is 0 Å². The number of pyridine rings is 1. The van der Waals surface area contributed by atoms with Gasteiger partial charge in [0.1, 0.15) is 5.84 Å². The normalized spacial score (nSPS) is 11.3. The number of aliphatic imine (C=N–C) groups is 1. The van der Waals surface area contributed by atoms with Crippen LogP contribution < -0.4 is 5.73 Å². The fourth-order valence-electron chi connectivity index (χ4n) is 3.19. The molecule has 154 valence electrons. The van der Waals surface area contributed by atoms with Crippen LogP contribution in [-0.4, -0.2) is 37.8 Å². The molecule has 3 rings (SSSR count). The van der Waals surface area contributed by atoms with E-state index in [0.717, 1.165) is 22.5 Å². The first-order valence-corrected chi connectivity index (χ1v) is 9.34. The Morgan fingerprint density at radius 1 is 1.07 bits per heavy atom. The van der Waals surface area contributed by atoms with Crippen LogP contribution in [0.2, 0.25) is 0 Å². The van der Waals surface area contributed by atoms with Crippen LogP contribution in [0.15, 0.2) is 59.9 Å². The number of nitrogens with zero attached hydrogens (tertiary/aromatic N) is 3. The number of aromatic nitrogens is 2. The number of aromatic amines is 1. The van der Waals surface area contributed by atoms with E-state index in [-0.39, 0.29) is 11.7 Å². The largest absolute Gasteiger partial charge is 0.463 e. The predicted molar refractivity (Wildman–Crippen MR) is 113 cm³/mol. The molecule has 2 aromatic heterocycles. The van der Waals surface area contributed by atoms with Crippen molar-refractivity contribution in [2.45, 2.75) is 26.9 Å². The second-order valence-electron chi connectivity index (χ2n) is 6.98. The van der Waals surface area contributed by atoms with Gasteiger partial charge in [0.2, 0.25) is 0 Å². The number of rotatable bonds is 6. The first-order valence-electron chi connectivity index (χ1n) is 9.34. The molecule has 0 fully saturated rings. The van der Waals surface area contributed by atoms with Gasteiger partial charge in [0, 0.05) is 42.4 Å². The highest BCUT2D eigenvalue weighted by molar-refractivity contribution is 6.02. The number of carboxylic acid groups (broad SMARTS) is 1. The van der Waals surface area contributed by atoms with E-state index in [0.29, 0.717) is 24.2 Å². The summed E-state index contributed by atoms with van der Waals surface area (Å²) in [5, 5.41) is 8.73. The highest BCUT2D eigenvalue weighted by atomic mass is 16.4. The third kappa shape index (κ3) is 5.11. The van der Waals surface area contributed by atoms with E-state index in [1.807, 2.05) is 44.2 Å². The summed E-state index contributed by atoms with van der Waals surface area (Å²) in [5.74, 6) is -0.151. The molecule has 3 aromatic rings. The number of amidine groups is 1. The Bertz CT molecular complexity index is 1070. The molecular formula is C22H23N5O3. The number of carbonyl (C=O) groups excluding carboxylic acids is 1. The van der Waals surface area contributed by atoms with Crippen molar-refractivity contribution in [3.63, 3.8) is 0 Å². The summed E-state index contributed by atoms with van der Waals surface area (Å²) in [6.45, 7) is 4.60. The third-order valence-electron chi connectivity index (χ3n) is 4.63. The monoisotopic (exact) mass is 405 g/mol. The fourth-order valence-corrected chi connectivity index (χ4v) is 3.19. The van der Waals surface area contributed by atoms with Crippen LogP contribution in [0.3, 0.4) is 0 Å². The molecule has 0 saturated carbocycles. The summed E-state index contributed by atoms with van der Waals surface area (Å²) in [4.78, 5) is 36.2. The van der Waals surface area contributed by atoms with Crippen molar-refractivity contribution < 1.29 is 14.7 Å². The maximum atomic E-state index is 13.3. The van der Waals surface area contributed by atoms with Gasteiger partial charge >= 0.3 is 6.09 Å². The smallest absolute Gasteiger partial charge is 0.433 e. The number of carbonyl (C=O) groups is 2. The first kappa shape index (κ1) is 20.8. The lowest BCUT2D eigenvalue weighted by Gasteiger charge is -2.23. The van der Waals surface area contributed by atoms with Crippen LogP contribution >= 0.6 is 0 Å². The molecule has 1 aromatic carbocycles. The zero-order valence-corrected chi connectivity index (χ0v) is 16.8. The zero-order valence-electron chi connectivity index (χ0n) is 16.8. The molecule has 0 saturated heterocycles. The number of hydrogen-bond acceptors (Lipinski definition) is 3. The number of nitrogens with two attached hydrogens (primary N) is 1. The van der Waals surface area contributed by atoms with Crippen molar-refractivity contribution in [1.82, 2.24) is 14.9 Å². The molecule has 30 heavy (non-hydrogen) atoms. The zero-order chi connectivity index (χ0) is 21.7. The minimum absolute atomic E-state index is 0.0720.